The zero-order valence-corrected chi connectivity index (χ0v) is 14.0. The third-order valence-electron chi connectivity index (χ3n) is 3.53. The van der Waals surface area contributed by atoms with Crippen molar-refractivity contribution in [2.24, 2.45) is 0 Å². The van der Waals surface area contributed by atoms with Crippen molar-refractivity contribution >= 4 is 44.6 Å². The van der Waals surface area contributed by atoms with Crippen molar-refractivity contribution < 1.29 is 8.42 Å². The van der Waals surface area contributed by atoms with E-state index in [2.05, 4.69) is 0 Å². The van der Waals surface area contributed by atoms with Crippen molar-refractivity contribution in [3.63, 3.8) is 0 Å². The first-order valence-corrected chi connectivity index (χ1v) is 9.73. The molecule has 4 nitrogen and oxygen atoms in total. The third-order valence-corrected chi connectivity index (χ3v) is 7.14. The number of nitrogen functional groups attached to an aromatic ring is 1. The number of thioether (sulfide) groups is 1. The quantitative estimate of drug-likeness (QED) is 0.861. The second-order valence-electron chi connectivity index (χ2n) is 4.83. The average Bonchev–Trinajstić information content (AvgIpc) is 2.43. The molecule has 1 unspecified atom stereocenters. The number of sulfone groups is 1. The van der Waals surface area contributed by atoms with Crippen LogP contribution in [0.5, 0.6) is 0 Å². The molecule has 20 heavy (non-hydrogen) atoms. The van der Waals surface area contributed by atoms with E-state index in [-0.39, 0.29) is 5.75 Å². The number of anilines is 2. The zero-order chi connectivity index (χ0) is 14.9. The summed E-state index contributed by atoms with van der Waals surface area (Å²) in [6.45, 7) is 4.32. The molecule has 1 aromatic rings. The van der Waals surface area contributed by atoms with Crippen LogP contribution in [0.2, 0.25) is 5.02 Å². The maximum atomic E-state index is 12.3. The number of hydrogen-bond acceptors (Lipinski definition) is 5. The normalized spacial score (nSPS) is 20.1. The van der Waals surface area contributed by atoms with E-state index < -0.39 is 15.2 Å². The first-order valence-electron chi connectivity index (χ1n) is 6.48. The summed E-state index contributed by atoms with van der Waals surface area (Å²) in [5.74, 6) is 1.66. The summed E-state index contributed by atoms with van der Waals surface area (Å²) in [7, 11) is -3.13. The topological polar surface area (TPSA) is 63.4 Å². The van der Waals surface area contributed by atoms with E-state index in [1.807, 2.05) is 11.8 Å². The Labute approximate surface area is 129 Å². The summed E-state index contributed by atoms with van der Waals surface area (Å²) in [5, 5.41) is -0.0129. The number of benzene rings is 1. The van der Waals surface area contributed by atoms with E-state index in [4.69, 9.17) is 17.3 Å². The third kappa shape index (κ3) is 3.02. The van der Waals surface area contributed by atoms with Crippen molar-refractivity contribution in [1.29, 1.82) is 0 Å². The summed E-state index contributed by atoms with van der Waals surface area (Å²) in [6, 6.07) is 3.58. The Morgan fingerprint density at radius 3 is 2.85 bits per heavy atom. The van der Waals surface area contributed by atoms with Gasteiger partial charge in [-0.25, -0.2) is 8.42 Å². The minimum absolute atomic E-state index is 0.149. The van der Waals surface area contributed by atoms with Crippen LogP contribution in [0.15, 0.2) is 12.1 Å². The number of nitrogens with zero attached hydrogens (tertiary/aromatic N) is 1. The Bertz CT molecular complexity index is 605. The summed E-state index contributed by atoms with van der Waals surface area (Å²) in [5.41, 5.74) is 8.14. The molecular weight excluding hydrogens is 316 g/mol. The molecule has 1 aliphatic heterocycles. The largest absolute Gasteiger partial charge is 0.398 e. The molecule has 1 heterocycles. The van der Waals surface area contributed by atoms with Gasteiger partial charge in [-0.3, -0.25) is 0 Å². The van der Waals surface area contributed by atoms with Crippen LogP contribution in [0, 0.1) is 6.92 Å². The molecule has 2 rings (SSSR count). The van der Waals surface area contributed by atoms with E-state index in [1.165, 1.54) is 0 Å². The molecule has 0 amide bonds. The van der Waals surface area contributed by atoms with E-state index in [0.29, 0.717) is 23.0 Å². The molecule has 1 atom stereocenters. The molecule has 1 aliphatic rings. The van der Waals surface area contributed by atoms with Crippen LogP contribution in [0.1, 0.15) is 12.5 Å². The molecule has 2 N–H and O–H groups in total. The van der Waals surface area contributed by atoms with Crippen LogP contribution in [0.25, 0.3) is 0 Å². The Morgan fingerprint density at radius 2 is 2.20 bits per heavy atom. The van der Waals surface area contributed by atoms with Crippen LogP contribution in [0.3, 0.4) is 0 Å². The van der Waals surface area contributed by atoms with E-state index in [1.54, 1.807) is 30.8 Å². The van der Waals surface area contributed by atoms with Gasteiger partial charge in [0.15, 0.2) is 9.84 Å². The van der Waals surface area contributed by atoms with Gasteiger partial charge in [0, 0.05) is 29.5 Å². The van der Waals surface area contributed by atoms with Gasteiger partial charge in [-0.05, 0) is 24.6 Å². The average molecular weight is 335 g/mol. The van der Waals surface area contributed by atoms with Gasteiger partial charge in [0.25, 0.3) is 0 Å². The van der Waals surface area contributed by atoms with Crippen molar-refractivity contribution in [3.05, 3.63) is 22.7 Å². The molecule has 7 heteroatoms. The van der Waals surface area contributed by atoms with Crippen molar-refractivity contribution in [3.8, 4) is 0 Å². The minimum Gasteiger partial charge on any atom is -0.398 e. The SMILES string of the molecule is CCS(=O)(=O)C1CSCCN1c1cc(Cl)c(N)cc1C. The number of aryl methyl sites for hydroxylation is 1. The second kappa shape index (κ2) is 6.03. The Hall–Kier alpha value is -0.590. The van der Waals surface area contributed by atoms with Gasteiger partial charge in [-0.1, -0.05) is 18.5 Å². The number of hydrogen-bond donors (Lipinski definition) is 1. The van der Waals surface area contributed by atoms with Gasteiger partial charge in [-0.15, -0.1) is 0 Å². The smallest absolute Gasteiger partial charge is 0.171 e. The lowest BCUT2D eigenvalue weighted by Gasteiger charge is -2.37. The molecule has 0 aliphatic carbocycles. The second-order valence-corrected chi connectivity index (χ2v) is 8.84. The summed E-state index contributed by atoms with van der Waals surface area (Å²) < 4.78 is 24.6. The minimum atomic E-state index is -3.13. The van der Waals surface area contributed by atoms with Crippen molar-refractivity contribution in [2.45, 2.75) is 19.2 Å². The van der Waals surface area contributed by atoms with Gasteiger partial charge in [0.1, 0.15) is 5.37 Å². The van der Waals surface area contributed by atoms with E-state index in [9.17, 15) is 8.42 Å². The van der Waals surface area contributed by atoms with Crippen LogP contribution in [-0.2, 0) is 9.84 Å². The molecule has 1 aromatic carbocycles. The fraction of sp³-hybridized carbons (Fsp3) is 0.538. The molecule has 112 valence electrons. The predicted octanol–water partition coefficient (Wildman–Crippen LogP) is 2.54. The molecular formula is C13H19ClN2O2S2. The Morgan fingerprint density at radius 1 is 1.50 bits per heavy atom. The van der Waals surface area contributed by atoms with E-state index in [0.717, 1.165) is 17.0 Å². The number of rotatable bonds is 3. The summed E-state index contributed by atoms with van der Waals surface area (Å²) >= 11 is 7.77. The standard InChI is InChI=1S/C13H19ClN2O2S2/c1-3-20(17,18)13-8-19-5-4-16(13)12-7-10(14)11(15)6-9(12)2/h6-7,13H,3-5,8,15H2,1-2H3. The zero-order valence-electron chi connectivity index (χ0n) is 11.6. The van der Waals surface area contributed by atoms with E-state index >= 15 is 0 Å². The molecule has 1 saturated heterocycles. The summed E-state index contributed by atoms with van der Waals surface area (Å²) in [4.78, 5) is 1.95. The number of halogens is 1. The van der Waals surface area contributed by atoms with Crippen LogP contribution in [0.4, 0.5) is 11.4 Å². The predicted molar refractivity (Wildman–Crippen MR) is 88.5 cm³/mol. The van der Waals surface area contributed by atoms with Gasteiger partial charge in [0.05, 0.1) is 10.7 Å². The van der Waals surface area contributed by atoms with Crippen LogP contribution in [-0.4, -0.2) is 37.6 Å². The van der Waals surface area contributed by atoms with Crippen LogP contribution < -0.4 is 10.6 Å². The first-order chi connectivity index (χ1) is 9.36. The van der Waals surface area contributed by atoms with Crippen molar-refractivity contribution in [1.82, 2.24) is 0 Å². The highest BCUT2D eigenvalue weighted by Gasteiger charge is 2.33. The molecule has 0 radical (unpaired) electrons. The van der Waals surface area contributed by atoms with Gasteiger partial charge >= 0.3 is 0 Å². The lowest BCUT2D eigenvalue weighted by atomic mass is 10.1. The highest BCUT2D eigenvalue weighted by molar-refractivity contribution is 8.01. The molecule has 0 spiro atoms. The fourth-order valence-electron chi connectivity index (χ4n) is 2.35. The van der Waals surface area contributed by atoms with Gasteiger partial charge < -0.3 is 10.6 Å². The highest BCUT2D eigenvalue weighted by Crippen LogP contribution is 2.34. The Balaban J connectivity index is 2.46. The van der Waals surface area contributed by atoms with Crippen molar-refractivity contribution in [2.75, 3.05) is 34.4 Å². The summed E-state index contributed by atoms with van der Waals surface area (Å²) in [6.07, 6.45) is 0. The van der Waals surface area contributed by atoms with Gasteiger partial charge in [0.2, 0.25) is 0 Å². The lowest BCUT2D eigenvalue weighted by molar-refractivity contribution is 0.579. The highest BCUT2D eigenvalue weighted by atomic mass is 35.5. The number of nitrogens with two attached hydrogens (primary N) is 1. The monoisotopic (exact) mass is 334 g/mol. The molecule has 0 saturated carbocycles. The first kappa shape index (κ1) is 15.8. The molecule has 1 fully saturated rings. The van der Waals surface area contributed by atoms with Gasteiger partial charge in [-0.2, -0.15) is 11.8 Å². The maximum absolute atomic E-state index is 12.3. The lowest BCUT2D eigenvalue weighted by Crippen LogP contribution is -2.48. The Kier molecular flexibility index (Phi) is 4.76. The maximum Gasteiger partial charge on any atom is 0.171 e. The molecule has 0 aromatic heterocycles. The van der Waals surface area contributed by atoms with Crippen LogP contribution >= 0.6 is 23.4 Å². The molecule has 0 bridgehead atoms. The fourth-order valence-corrected chi connectivity index (χ4v) is 5.49.